The van der Waals surface area contributed by atoms with Gasteiger partial charge in [-0.1, -0.05) is 12.1 Å². The standard InChI is InChI=1S/C18H29BrN4OS/c19-16-6-1-2-7-17(16)25-15-4-3-8-21-18(20)22-9-5-10-23-11-13-24-14-12-23/h1-2,6-7H,3-5,8-15H2,(H3,20,21,22). The summed E-state index contributed by atoms with van der Waals surface area (Å²) in [4.78, 5) is 8.12. The molecule has 1 aliphatic heterocycles. The molecular formula is C18H29BrN4OS. The monoisotopic (exact) mass is 428 g/mol. The number of morpholine rings is 1. The molecule has 2 rings (SSSR count). The highest BCUT2D eigenvalue weighted by molar-refractivity contribution is 9.10. The average molecular weight is 429 g/mol. The first-order valence-corrected chi connectivity index (χ1v) is 10.7. The Morgan fingerprint density at radius 1 is 1.24 bits per heavy atom. The fourth-order valence-corrected chi connectivity index (χ4v) is 4.14. The van der Waals surface area contributed by atoms with Crippen molar-refractivity contribution in [2.24, 2.45) is 10.7 Å². The number of hydrogen-bond donors (Lipinski definition) is 2. The molecule has 0 bridgehead atoms. The van der Waals surface area contributed by atoms with Crippen LogP contribution < -0.4 is 11.1 Å². The van der Waals surface area contributed by atoms with Crippen LogP contribution in [0.1, 0.15) is 19.3 Å². The lowest BCUT2D eigenvalue weighted by Crippen LogP contribution is -2.37. The number of thioether (sulfide) groups is 1. The molecule has 1 heterocycles. The van der Waals surface area contributed by atoms with Gasteiger partial charge in [-0.3, -0.25) is 9.89 Å². The quantitative estimate of drug-likeness (QED) is 0.259. The zero-order chi connectivity index (χ0) is 17.7. The molecule has 25 heavy (non-hydrogen) atoms. The lowest BCUT2D eigenvalue weighted by molar-refractivity contribution is 0.0377. The van der Waals surface area contributed by atoms with Crippen LogP contribution in [0.3, 0.4) is 0 Å². The largest absolute Gasteiger partial charge is 0.379 e. The number of nitrogens with zero attached hydrogens (tertiary/aromatic N) is 2. The first kappa shape index (κ1) is 20.6. The SMILES string of the molecule is NC(=NCCCN1CCOCC1)NCCCCSc1ccccc1Br. The first-order chi connectivity index (χ1) is 12.3. The Kier molecular flexibility index (Phi) is 10.3. The van der Waals surface area contributed by atoms with Gasteiger partial charge in [-0.2, -0.15) is 0 Å². The van der Waals surface area contributed by atoms with Crippen LogP contribution in [0.15, 0.2) is 38.6 Å². The van der Waals surface area contributed by atoms with Crippen molar-refractivity contribution in [3.05, 3.63) is 28.7 Å². The lowest BCUT2D eigenvalue weighted by Gasteiger charge is -2.26. The third kappa shape index (κ3) is 8.94. The van der Waals surface area contributed by atoms with Crippen molar-refractivity contribution in [2.75, 3.05) is 51.7 Å². The van der Waals surface area contributed by atoms with Crippen molar-refractivity contribution in [3.8, 4) is 0 Å². The molecule has 140 valence electrons. The summed E-state index contributed by atoms with van der Waals surface area (Å²) in [6.45, 7) is 6.53. The van der Waals surface area contributed by atoms with E-state index in [2.05, 4.69) is 49.3 Å². The number of guanidine groups is 1. The molecule has 0 radical (unpaired) electrons. The zero-order valence-electron chi connectivity index (χ0n) is 14.8. The Morgan fingerprint density at radius 2 is 2.04 bits per heavy atom. The molecule has 0 spiro atoms. The van der Waals surface area contributed by atoms with E-state index < -0.39 is 0 Å². The number of ether oxygens (including phenoxy) is 1. The molecule has 1 fully saturated rings. The molecule has 1 aromatic carbocycles. The Balaban J connectivity index is 1.46. The van der Waals surface area contributed by atoms with Crippen molar-refractivity contribution in [1.29, 1.82) is 0 Å². The van der Waals surface area contributed by atoms with Gasteiger partial charge < -0.3 is 15.8 Å². The second-order valence-corrected chi connectivity index (χ2v) is 7.98. The number of nitrogens with two attached hydrogens (primary N) is 1. The fourth-order valence-electron chi connectivity index (χ4n) is 2.56. The molecule has 0 unspecified atom stereocenters. The van der Waals surface area contributed by atoms with E-state index in [9.17, 15) is 0 Å². The summed E-state index contributed by atoms with van der Waals surface area (Å²) in [5.74, 6) is 1.68. The van der Waals surface area contributed by atoms with Gasteiger partial charge in [0.1, 0.15) is 0 Å². The third-order valence-corrected chi connectivity index (χ3v) is 6.10. The molecule has 0 aliphatic carbocycles. The number of halogens is 1. The van der Waals surface area contributed by atoms with Crippen LogP contribution in [0.25, 0.3) is 0 Å². The molecule has 0 saturated carbocycles. The van der Waals surface area contributed by atoms with Crippen LogP contribution in [0.4, 0.5) is 0 Å². The molecule has 7 heteroatoms. The van der Waals surface area contributed by atoms with Crippen LogP contribution in [-0.4, -0.2) is 62.5 Å². The summed E-state index contributed by atoms with van der Waals surface area (Å²) in [7, 11) is 0. The van der Waals surface area contributed by atoms with E-state index in [0.717, 1.165) is 71.0 Å². The first-order valence-electron chi connectivity index (χ1n) is 8.97. The second kappa shape index (κ2) is 12.6. The van der Waals surface area contributed by atoms with E-state index in [1.54, 1.807) is 0 Å². The van der Waals surface area contributed by atoms with Gasteiger partial charge in [-0.15, -0.1) is 11.8 Å². The number of unbranched alkanes of at least 4 members (excludes halogenated alkanes) is 1. The highest BCUT2D eigenvalue weighted by atomic mass is 79.9. The van der Waals surface area contributed by atoms with Gasteiger partial charge in [0.25, 0.3) is 0 Å². The van der Waals surface area contributed by atoms with Gasteiger partial charge in [0.2, 0.25) is 0 Å². The minimum atomic E-state index is 0.570. The van der Waals surface area contributed by atoms with Crippen LogP contribution in [-0.2, 0) is 4.74 Å². The van der Waals surface area contributed by atoms with Crippen molar-refractivity contribution < 1.29 is 4.74 Å². The molecule has 0 aromatic heterocycles. The highest BCUT2D eigenvalue weighted by Crippen LogP contribution is 2.27. The molecular weight excluding hydrogens is 400 g/mol. The summed E-state index contributed by atoms with van der Waals surface area (Å²) in [5, 5.41) is 3.21. The summed E-state index contributed by atoms with van der Waals surface area (Å²) in [6, 6.07) is 8.35. The molecule has 5 nitrogen and oxygen atoms in total. The smallest absolute Gasteiger partial charge is 0.188 e. The molecule has 1 aromatic rings. The Morgan fingerprint density at radius 3 is 2.84 bits per heavy atom. The third-order valence-electron chi connectivity index (χ3n) is 3.99. The predicted molar refractivity (Wildman–Crippen MR) is 110 cm³/mol. The molecule has 0 amide bonds. The van der Waals surface area contributed by atoms with E-state index in [0.29, 0.717) is 5.96 Å². The van der Waals surface area contributed by atoms with Crippen molar-refractivity contribution >= 4 is 33.7 Å². The fraction of sp³-hybridized carbons (Fsp3) is 0.611. The highest BCUT2D eigenvalue weighted by Gasteiger charge is 2.08. The predicted octanol–water partition coefficient (Wildman–Crippen LogP) is 2.95. The van der Waals surface area contributed by atoms with Gasteiger partial charge in [0, 0.05) is 42.1 Å². The number of benzene rings is 1. The maximum Gasteiger partial charge on any atom is 0.188 e. The molecule has 1 saturated heterocycles. The van der Waals surface area contributed by atoms with E-state index in [-0.39, 0.29) is 0 Å². The van der Waals surface area contributed by atoms with Crippen LogP contribution in [0, 0.1) is 0 Å². The van der Waals surface area contributed by atoms with Gasteiger partial charge >= 0.3 is 0 Å². The Bertz CT molecular complexity index is 524. The average Bonchev–Trinajstić information content (AvgIpc) is 2.64. The van der Waals surface area contributed by atoms with Crippen molar-refractivity contribution in [1.82, 2.24) is 10.2 Å². The number of hydrogen-bond acceptors (Lipinski definition) is 4. The Labute approximate surface area is 163 Å². The summed E-state index contributed by atoms with van der Waals surface area (Å²) >= 11 is 5.47. The van der Waals surface area contributed by atoms with Crippen LogP contribution >= 0.6 is 27.7 Å². The van der Waals surface area contributed by atoms with Crippen LogP contribution in [0.5, 0.6) is 0 Å². The lowest BCUT2D eigenvalue weighted by atomic mass is 10.3. The molecule has 3 N–H and O–H groups in total. The number of aliphatic imine (C=N–C) groups is 1. The van der Waals surface area contributed by atoms with E-state index in [1.807, 2.05) is 17.8 Å². The van der Waals surface area contributed by atoms with Crippen molar-refractivity contribution in [2.45, 2.75) is 24.2 Å². The minimum absolute atomic E-state index is 0.570. The van der Waals surface area contributed by atoms with Gasteiger partial charge in [0.05, 0.1) is 13.2 Å². The Hall–Kier alpha value is -0.760. The van der Waals surface area contributed by atoms with Gasteiger partial charge in [0.15, 0.2) is 5.96 Å². The maximum absolute atomic E-state index is 5.91. The second-order valence-electron chi connectivity index (χ2n) is 5.99. The summed E-state index contributed by atoms with van der Waals surface area (Å²) in [6.07, 6.45) is 3.30. The van der Waals surface area contributed by atoms with Gasteiger partial charge in [-0.05, 0) is 53.1 Å². The topological polar surface area (TPSA) is 62.9 Å². The van der Waals surface area contributed by atoms with Gasteiger partial charge in [-0.25, -0.2) is 0 Å². The van der Waals surface area contributed by atoms with E-state index >= 15 is 0 Å². The summed E-state index contributed by atoms with van der Waals surface area (Å²) < 4.78 is 6.52. The summed E-state index contributed by atoms with van der Waals surface area (Å²) in [5.41, 5.74) is 5.91. The number of rotatable bonds is 10. The molecule has 0 atom stereocenters. The zero-order valence-corrected chi connectivity index (χ0v) is 17.2. The number of nitrogens with one attached hydrogen (secondary N) is 1. The van der Waals surface area contributed by atoms with Crippen molar-refractivity contribution in [3.63, 3.8) is 0 Å². The normalized spacial score (nSPS) is 16.1. The maximum atomic E-state index is 5.91. The van der Waals surface area contributed by atoms with E-state index in [4.69, 9.17) is 10.5 Å². The molecule has 1 aliphatic rings. The van der Waals surface area contributed by atoms with E-state index in [1.165, 1.54) is 9.37 Å². The minimum Gasteiger partial charge on any atom is -0.379 e. The van der Waals surface area contributed by atoms with Crippen LogP contribution in [0.2, 0.25) is 0 Å².